The molecule has 0 unspecified atom stereocenters. The van der Waals surface area contributed by atoms with Crippen LogP contribution < -0.4 is 4.74 Å². The molecule has 7 nitrogen and oxygen atoms in total. The van der Waals surface area contributed by atoms with Crippen molar-refractivity contribution in [2.45, 2.75) is 13.2 Å². The van der Waals surface area contributed by atoms with Crippen molar-refractivity contribution in [2.24, 2.45) is 0 Å². The molecule has 1 aliphatic rings. The van der Waals surface area contributed by atoms with Gasteiger partial charge in [-0.2, -0.15) is 0 Å². The fourth-order valence-corrected chi connectivity index (χ4v) is 4.51. The minimum atomic E-state index is -0.562. The molecule has 1 heterocycles. The molecule has 3 aromatic rings. The highest BCUT2D eigenvalue weighted by Gasteiger charge is 2.36. The molecular formula is C24H16BrFN2O5S. The van der Waals surface area contributed by atoms with Crippen LogP contribution in [0.4, 0.5) is 14.9 Å². The predicted molar refractivity (Wildman–Crippen MR) is 129 cm³/mol. The van der Waals surface area contributed by atoms with E-state index in [1.807, 2.05) is 0 Å². The monoisotopic (exact) mass is 542 g/mol. The molecule has 0 spiro atoms. The first kappa shape index (κ1) is 23.7. The number of para-hydroxylation sites is 1. The predicted octanol–water partition coefficient (Wildman–Crippen LogP) is 6.31. The van der Waals surface area contributed by atoms with Crippen LogP contribution in [-0.2, 0) is 17.9 Å². The van der Waals surface area contributed by atoms with E-state index in [2.05, 4.69) is 15.9 Å². The lowest BCUT2D eigenvalue weighted by Crippen LogP contribution is -2.27. The Hall–Kier alpha value is -3.50. The van der Waals surface area contributed by atoms with E-state index in [4.69, 9.17) is 4.74 Å². The average Bonchev–Trinajstić information content (AvgIpc) is 3.07. The van der Waals surface area contributed by atoms with E-state index in [9.17, 15) is 24.1 Å². The number of carbonyl (C=O) groups excluding carboxylic acids is 2. The number of carbonyl (C=O) groups is 2. The Labute approximate surface area is 206 Å². The standard InChI is InChI=1S/C24H16BrFN2O5S/c25-18-9-10-21(33-14-16-6-1-3-7-19(16)26)17(11-18)12-22-23(29)27(24(30)34-22)13-15-5-2-4-8-20(15)28(31)32/h1-12H,13-14H2/b22-12+. The maximum absolute atomic E-state index is 13.9. The SMILES string of the molecule is O=C1S/C(=C/c2cc(Br)ccc2OCc2ccccc2F)C(=O)N1Cc1ccccc1[N+](=O)[O-]. The van der Waals surface area contributed by atoms with Crippen molar-refractivity contribution >= 4 is 50.6 Å². The molecule has 0 bridgehead atoms. The van der Waals surface area contributed by atoms with E-state index in [1.165, 1.54) is 30.3 Å². The zero-order chi connectivity index (χ0) is 24.2. The van der Waals surface area contributed by atoms with Crippen LogP contribution in [0.2, 0.25) is 0 Å². The molecule has 3 aromatic carbocycles. The van der Waals surface area contributed by atoms with Gasteiger partial charge in [0.05, 0.1) is 16.4 Å². The number of nitro groups is 1. The third kappa shape index (κ3) is 5.18. The maximum Gasteiger partial charge on any atom is 0.293 e. The number of ether oxygens (including phenoxy) is 1. The molecule has 0 radical (unpaired) electrons. The van der Waals surface area contributed by atoms with Crippen LogP contribution in [0.3, 0.4) is 0 Å². The summed E-state index contributed by atoms with van der Waals surface area (Å²) in [6, 6.07) is 17.3. The zero-order valence-electron chi connectivity index (χ0n) is 17.4. The summed E-state index contributed by atoms with van der Waals surface area (Å²) in [7, 11) is 0. The summed E-state index contributed by atoms with van der Waals surface area (Å²) >= 11 is 4.12. The fraction of sp³-hybridized carbons (Fsp3) is 0.0833. The Morgan fingerprint density at radius 1 is 1.06 bits per heavy atom. The van der Waals surface area contributed by atoms with Gasteiger partial charge >= 0.3 is 0 Å². The van der Waals surface area contributed by atoms with Gasteiger partial charge in [-0.25, -0.2) is 4.39 Å². The summed E-state index contributed by atoms with van der Waals surface area (Å²) in [5.41, 5.74) is 0.983. The summed E-state index contributed by atoms with van der Waals surface area (Å²) in [5.74, 6) is -0.553. The molecule has 1 saturated heterocycles. The lowest BCUT2D eigenvalue weighted by molar-refractivity contribution is -0.385. The Morgan fingerprint density at radius 2 is 1.76 bits per heavy atom. The molecule has 0 saturated carbocycles. The number of hydrogen-bond donors (Lipinski definition) is 0. The van der Waals surface area contributed by atoms with Gasteiger partial charge in [-0.1, -0.05) is 52.3 Å². The number of amides is 2. The second-order valence-corrected chi connectivity index (χ2v) is 9.12. The van der Waals surface area contributed by atoms with Crippen molar-refractivity contribution in [1.29, 1.82) is 0 Å². The molecule has 10 heteroatoms. The van der Waals surface area contributed by atoms with Gasteiger partial charge in [0.2, 0.25) is 0 Å². The minimum Gasteiger partial charge on any atom is -0.488 e. The first-order chi connectivity index (χ1) is 16.3. The highest BCUT2D eigenvalue weighted by molar-refractivity contribution is 9.10. The van der Waals surface area contributed by atoms with Crippen molar-refractivity contribution in [1.82, 2.24) is 4.90 Å². The number of nitro benzene ring substituents is 1. The van der Waals surface area contributed by atoms with Gasteiger partial charge in [0.1, 0.15) is 18.2 Å². The van der Waals surface area contributed by atoms with Crippen molar-refractivity contribution in [3.05, 3.63) is 109 Å². The second-order valence-electron chi connectivity index (χ2n) is 7.22. The number of thioether (sulfide) groups is 1. The third-order valence-corrected chi connectivity index (χ3v) is 6.39. The molecule has 4 rings (SSSR count). The number of benzene rings is 3. The Kier molecular flexibility index (Phi) is 7.09. The first-order valence-corrected chi connectivity index (χ1v) is 11.6. The summed E-state index contributed by atoms with van der Waals surface area (Å²) in [6.07, 6.45) is 1.52. The number of hydrogen-bond acceptors (Lipinski definition) is 6. The Bertz CT molecular complexity index is 1330. The van der Waals surface area contributed by atoms with Gasteiger partial charge in [-0.05, 0) is 42.1 Å². The summed E-state index contributed by atoms with van der Waals surface area (Å²) in [5, 5.41) is 10.7. The van der Waals surface area contributed by atoms with Crippen LogP contribution in [-0.4, -0.2) is 21.0 Å². The summed E-state index contributed by atoms with van der Waals surface area (Å²) in [4.78, 5) is 37.4. The van der Waals surface area contributed by atoms with Gasteiger partial charge < -0.3 is 4.74 Å². The summed E-state index contributed by atoms with van der Waals surface area (Å²) in [6.45, 7) is -0.234. The van der Waals surface area contributed by atoms with Crippen LogP contribution in [0.15, 0.2) is 76.1 Å². The molecule has 1 fully saturated rings. The van der Waals surface area contributed by atoms with Gasteiger partial charge in [0.25, 0.3) is 16.8 Å². The quantitative estimate of drug-likeness (QED) is 0.197. The second kappa shape index (κ2) is 10.2. The van der Waals surface area contributed by atoms with E-state index >= 15 is 0 Å². The topological polar surface area (TPSA) is 89.8 Å². The van der Waals surface area contributed by atoms with Crippen molar-refractivity contribution < 1.29 is 23.6 Å². The first-order valence-electron chi connectivity index (χ1n) is 9.97. The van der Waals surface area contributed by atoms with Crippen LogP contribution in [0.5, 0.6) is 5.75 Å². The summed E-state index contributed by atoms with van der Waals surface area (Å²) < 4.78 is 20.5. The molecule has 172 valence electrons. The third-order valence-electron chi connectivity index (χ3n) is 4.99. The van der Waals surface area contributed by atoms with Crippen molar-refractivity contribution in [3.8, 4) is 5.75 Å². The van der Waals surface area contributed by atoms with E-state index in [0.29, 0.717) is 16.9 Å². The lowest BCUT2D eigenvalue weighted by atomic mass is 10.1. The van der Waals surface area contributed by atoms with Crippen LogP contribution in [0.1, 0.15) is 16.7 Å². The number of nitrogens with zero attached hydrogens (tertiary/aromatic N) is 2. The largest absolute Gasteiger partial charge is 0.488 e. The Balaban J connectivity index is 1.58. The maximum atomic E-state index is 13.9. The normalized spacial score (nSPS) is 14.6. The minimum absolute atomic E-state index is 0.0195. The molecule has 0 atom stereocenters. The number of halogens is 2. The Morgan fingerprint density at radius 3 is 2.50 bits per heavy atom. The van der Waals surface area contributed by atoms with Crippen molar-refractivity contribution in [3.63, 3.8) is 0 Å². The smallest absolute Gasteiger partial charge is 0.293 e. The number of imide groups is 1. The molecule has 34 heavy (non-hydrogen) atoms. The van der Waals surface area contributed by atoms with Crippen LogP contribution in [0.25, 0.3) is 6.08 Å². The van der Waals surface area contributed by atoms with Crippen LogP contribution in [0, 0.1) is 15.9 Å². The molecule has 1 aliphatic heterocycles. The fourth-order valence-electron chi connectivity index (χ4n) is 3.31. The lowest BCUT2D eigenvalue weighted by Gasteiger charge is -2.13. The molecule has 0 aromatic heterocycles. The molecule has 2 amide bonds. The average molecular weight is 543 g/mol. The molecule has 0 N–H and O–H groups in total. The van der Waals surface area contributed by atoms with E-state index in [-0.39, 0.29) is 29.3 Å². The van der Waals surface area contributed by atoms with Crippen molar-refractivity contribution in [2.75, 3.05) is 0 Å². The zero-order valence-corrected chi connectivity index (χ0v) is 19.8. The molecular weight excluding hydrogens is 527 g/mol. The highest BCUT2D eigenvalue weighted by Crippen LogP contribution is 2.36. The molecule has 0 aliphatic carbocycles. The highest BCUT2D eigenvalue weighted by atomic mass is 79.9. The van der Waals surface area contributed by atoms with Crippen LogP contribution >= 0.6 is 27.7 Å². The number of rotatable bonds is 7. The van der Waals surface area contributed by atoms with Gasteiger partial charge in [0.15, 0.2) is 0 Å². The van der Waals surface area contributed by atoms with E-state index < -0.39 is 21.9 Å². The van der Waals surface area contributed by atoms with E-state index in [1.54, 1.807) is 42.5 Å². The van der Waals surface area contributed by atoms with Gasteiger partial charge in [-0.15, -0.1) is 0 Å². The van der Waals surface area contributed by atoms with Gasteiger partial charge in [0, 0.05) is 27.2 Å². The van der Waals surface area contributed by atoms with E-state index in [0.717, 1.165) is 21.1 Å². The van der Waals surface area contributed by atoms with Gasteiger partial charge in [-0.3, -0.25) is 24.6 Å².